The van der Waals surface area contributed by atoms with Gasteiger partial charge in [-0.2, -0.15) is 8.42 Å². The molecule has 0 atom stereocenters. The maximum Gasteiger partial charge on any atom is 0.332 e. The molecule has 1 aromatic carbocycles. The number of rotatable bonds is 4. The first kappa shape index (κ1) is 13.4. The van der Waals surface area contributed by atoms with Crippen molar-refractivity contribution in [1.29, 1.82) is 0 Å². The summed E-state index contributed by atoms with van der Waals surface area (Å²) in [5.74, 6) is -0.334. The Hall–Kier alpha value is -1.63. The quantitative estimate of drug-likeness (QED) is 0.599. The molecule has 7 heteroatoms. The van der Waals surface area contributed by atoms with Crippen LogP contribution in [-0.4, -0.2) is 28.6 Å². The molecule has 0 bridgehead atoms. The highest BCUT2D eigenvalue weighted by Gasteiger charge is 2.20. The van der Waals surface area contributed by atoms with E-state index in [1.807, 2.05) is 0 Å². The summed E-state index contributed by atoms with van der Waals surface area (Å²) < 4.78 is 43.9. The van der Waals surface area contributed by atoms with E-state index in [9.17, 15) is 17.1 Å². The van der Waals surface area contributed by atoms with E-state index in [0.717, 1.165) is 13.2 Å². The van der Waals surface area contributed by atoms with Crippen molar-refractivity contribution in [3.63, 3.8) is 0 Å². The predicted molar refractivity (Wildman–Crippen MR) is 57.0 cm³/mol. The minimum Gasteiger partial charge on any atom is -0.497 e. The van der Waals surface area contributed by atoms with Crippen LogP contribution in [0.4, 0.5) is 3.89 Å². The Morgan fingerprint density at radius 3 is 2.47 bits per heavy atom. The smallest absolute Gasteiger partial charge is 0.332 e. The van der Waals surface area contributed by atoms with Gasteiger partial charge >= 0.3 is 16.2 Å². The molecule has 0 aliphatic heterocycles. The number of halogens is 1. The summed E-state index contributed by atoms with van der Waals surface area (Å²) in [5, 5.41) is 0. The molecule has 1 aromatic rings. The van der Waals surface area contributed by atoms with Gasteiger partial charge in [-0.05, 0) is 23.8 Å². The van der Waals surface area contributed by atoms with E-state index < -0.39 is 21.1 Å². The van der Waals surface area contributed by atoms with Crippen LogP contribution >= 0.6 is 0 Å². The molecule has 0 heterocycles. The molecule has 0 aliphatic carbocycles. The molecule has 0 radical (unpaired) electrons. The van der Waals surface area contributed by atoms with Crippen molar-refractivity contribution in [2.45, 2.75) is 11.3 Å². The van der Waals surface area contributed by atoms with E-state index in [1.165, 1.54) is 19.2 Å². The molecule has 0 unspecified atom stereocenters. The number of ether oxygens (including phenoxy) is 2. The first-order valence-corrected chi connectivity index (χ1v) is 5.95. The van der Waals surface area contributed by atoms with Crippen LogP contribution in [0.15, 0.2) is 23.1 Å². The number of benzene rings is 1. The zero-order valence-electron chi connectivity index (χ0n) is 9.27. The second-order valence-corrected chi connectivity index (χ2v) is 4.48. The van der Waals surface area contributed by atoms with Gasteiger partial charge in [0.05, 0.1) is 20.6 Å². The zero-order chi connectivity index (χ0) is 13.1. The van der Waals surface area contributed by atoms with Crippen LogP contribution in [0.5, 0.6) is 5.75 Å². The third-order valence-electron chi connectivity index (χ3n) is 2.09. The lowest BCUT2D eigenvalue weighted by Crippen LogP contribution is -2.08. The van der Waals surface area contributed by atoms with Crippen molar-refractivity contribution in [3.05, 3.63) is 23.8 Å². The van der Waals surface area contributed by atoms with E-state index in [0.29, 0.717) is 5.75 Å². The Kier molecular flexibility index (Phi) is 4.06. The fourth-order valence-electron chi connectivity index (χ4n) is 1.29. The van der Waals surface area contributed by atoms with E-state index >= 15 is 0 Å². The number of carbonyl (C=O) groups is 1. The second-order valence-electron chi connectivity index (χ2n) is 3.16. The SMILES string of the molecule is COC(=O)Cc1cc(OC)ccc1S(=O)(=O)F. The Balaban J connectivity index is 3.26. The molecule has 5 nitrogen and oxygen atoms in total. The van der Waals surface area contributed by atoms with Crippen LogP contribution in [0.1, 0.15) is 5.56 Å². The summed E-state index contributed by atoms with van der Waals surface area (Å²) in [6.45, 7) is 0. The highest BCUT2D eigenvalue weighted by molar-refractivity contribution is 7.86. The Morgan fingerprint density at radius 2 is 2.00 bits per heavy atom. The first-order valence-electron chi connectivity index (χ1n) is 4.57. The number of hydrogen-bond acceptors (Lipinski definition) is 5. The predicted octanol–water partition coefficient (Wildman–Crippen LogP) is 1.07. The van der Waals surface area contributed by atoms with E-state index in [1.54, 1.807) is 0 Å². The highest BCUT2D eigenvalue weighted by atomic mass is 32.3. The van der Waals surface area contributed by atoms with Crippen molar-refractivity contribution >= 4 is 16.2 Å². The van der Waals surface area contributed by atoms with Crippen molar-refractivity contribution in [3.8, 4) is 5.75 Å². The van der Waals surface area contributed by atoms with Crippen LogP contribution in [0.25, 0.3) is 0 Å². The molecule has 0 aliphatic rings. The van der Waals surface area contributed by atoms with Gasteiger partial charge in [0, 0.05) is 0 Å². The van der Waals surface area contributed by atoms with E-state index in [4.69, 9.17) is 4.74 Å². The average Bonchev–Trinajstić information content (AvgIpc) is 2.27. The highest BCUT2D eigenvalue weighted by Crippen LogP contribution is 2.24. The normalized spacial score (nSPS) is 11.0. The van der Waals surface area contributed by atoms with Crippen LogP contribution in [-0.2, 0) is 26.2 Å². The minimum absolute atomic E-state index is 0.00120. The van der Waals surface area contributed by atoms with Crippen molar-refractivity contribution in [2.75, 3.05) is 14.2 Å². The Bertz CT molecular complexity index is 523. The number of methoxy groups -OCH3 is 2. The van der Waals surface area contributed by atoms with Gasteiger partial charge in [0.15, 0.2) is 0 Å². The molecule has 0 amide bonds. The largest absolute Gasteiger partial charge is 0.497 e. The summed E-state index contributed by atoms with van der Waals surface area (Å²) >= 11 is 0. The maximum atomic E-state index is 13.0. The molecule has 0 saturated heterocycles. The van der Waals surface area contributed by atoms with Gasteiger partial charge < -0.3 is 9.47 Å². The van der Waals surface area contributed by atoms with Gasteiger partial charge in [0.2, 0.25) is 0 Å². The van der Waals surface area contributed by atoms with E-state index in [2.05, 4.69) is 4.74 Å². The van der Waals surface area contributed by atoms with Gasteiger partial charge in [-0.1, -0.05) is 0 Å². The van der Waals surface area contributed by atoms with E-state index in [-0.39, 0.29) is 12.0 Å². The fraction of sp³-hybridized carbons (Fsp3) is 0.300. The molecule has 0 N–H and O–H groups in total. The third-order valence-corrected chi connectivity index (χ3v) is 3.02. The van der Waals surface area contributed by atoms with Crippen molar-refractivity contribution in [1.82, 2.24) is 0 Å². The number of esters is 1. The molecule has 0 aromatic heterocycles. The second kappa shape index (κ2) is 5.13. The summed E-state index contributed by atoms with van der Waals surface area (Å²) in [6, 6.07) is 3.63. The van der Waals surface area contributed by atoms with Crippen LogP contribution in [0, 0.1) is 0 Å². The van der Waals surface area contributed by atoms with Gasteiger partial charge in [-0.25, -0.2) is 0 Å². The summed E-state index contributed by atoms with van der Waals surface area (Å²) in [7, 11) is -2.34. The average molecular weight is 262 g/mol. The maximum absolute atomic E-state index is 13.0. The molecule has 0 fully saturated rings. The van der Waals surface area contributed by atoms with Crippen LogP contribution in [0.2, 0.25) is 0 Å². The number of carbonyl (C=O) groups excluding carboxylic acids is 1. The molecule has 0 saturated carbocycles. The lowest BCUT2D eigenvalue weighted by Gasteiger charge is -2.07. The van der Waals surface area contributed by atoms with Crippen molar-refractivity contribution in [2.24, 2.45) is 0 Å². The first-order chi connectivity index (χ1) is 7.88. The molecule has 0 spiro atoms. The minimum atomic E-state index is -4.88. The number of hydrogen-bond donors (Lipinski definition) is 0. The Labute approximate surface area is 98.4 Å². The summed E-state index contributed by atoms with van der Waals surface area (Å²) in [6.07, 6.45) is -0.341. The van der Waals surface area contributed by atoms with Gasteiger partial charge in [-0.3, -0.25) is 4.79 Å². The zero-order valence-corrected chi connectivity index (χ0v) is 10.1. The van der Waals surface area contributed by atoms with Crippen LogP contribution < -0.4 is 4.74 Å². The molecular weight excluding hydrogens is 251 g/mol. The monoisotopic (exact) mass is 262 g/mol. The van der Waals surface area contributed by atoms with Gasteiger partial charge in [-0.15, -0.1) is 3.89 Å². The summed E-state index contributed by atoms with van der Waals surface area (Å²) in [5.41, 5.74) is -0.00120. The third kappa shape index (κ3) is 3.42. The molecule has 1 rings (SSSR count). The van der Waals surface area contributed by atoms with Crippen LogP contribution in [0.3, 0.4) is 0 Å². The standard InChI is InChI=1S/C10H11FO5S/c1-15-8-3-4-9(17(11,13)14)7(5-8)6-10(12)16-2/h3-5H,6H2,1-2H3. The molecule has 94 valence electrons. The molecule has 17 heavy (non-hydrogen) atoms. The van der Waals surface area contributed by atoms with Gasteiger partial charge in [0.1, 0.15) is 10.6 Å². The lowest BCUT2D eigenvalue weighted by atomic mass is 10.1. The lowest BCUT2D eigenvalue weighted by molar-refractivity contribution is -0.139. The van der Waals surface area contributed by atoms with Crippen molar-refractivity contribution < 1.29 is 26.6 Å². The summed E-state index contributed by atoms with van der Waals surface area (Å²) in [4.78, 5) is 10.5. The fourth-order valence-corrected chi connectivity index (χ4v) is 1.96. The van der Waals surface area contributed by atoms with Gasteiger partial charge in [0.25, 0.3) is 0 Å². The molecular formula is C10H11FO5S. The Morgan fingerprint density at radius 1 is 1.35 bits per heavy atom. The topological polar surface area (TPSA) is 69.7 Å².